The summed E-state index contributed by atoms with van der Waals surface area (Å²) in [6.07, 6.45) is 1.96. The first-order valence-electron chi connectivity index (χ1n) is 6.51. The van der Waals surface area contributed by atoms with Crippen LogP contribution in [-0.4, -0.2) is 9.61 Å². The van der Waals surface area contributed by atoms with Crippen molar-refractivity contribution in [3.05, 3.63) is 60.3 Å². The van der Waals surface area contributed by atoms with Gasteiger partial charge in [-0.1, -0.05) is 32.9 Å². The van der Waals surface area contributed by atoms with Gasteiger partial charge in [-0.2, -0.15) is 0 Å². The molecule has 2 nitrogen and oxygen atoms in total. The van der Waals surface area contributed by atoms with Crippen molar-refractivity contribution in [2.75, 3.05) is 0 Å². The third-order valence-corrected chi connectivity index (χ3v) is 3.32. The van der Waals surface area contributed by atoms with Crippen LogP contribution >= 0.6 is 0 Å². The summed E-state index contributed by atoms with van der Waals surface area (Å²) in [7, 11) is 0. The van der Waals surface area contributed by atoms with Gasteiger partial charge in [-0.05, 0) is 17.5 Å². The molecule has 2 heterocycles. The summed E-state index contributed by atoms with van der Waals surface area (Å²) in [5, 5.41) is 4.56. The molecule has 2 aromatic heterocycles. The molecule has 1 aromatic carbocycles. The summed E-state index contributed by atoms with van der Waals surface area (Å²) >= 11 is 0. The fourth-order valence-electron chi connectivity index (χ4n) is 2.12. The van der Waals surface area contributed by atoms with Crippen LogP contribution in [0.3, 0.4) is 0 Å². The summed E-state index contributed by atoms with van der Waals surface area (Å²) < 4.78 is 1.89. The van der Waals surface area contributed by atoms with Crippen LogP contribution in [0.25, 0.3) is 16.8 Å². The van der Waals surface area contributed by atoms with E-state index in [4.69, 9.17) is 0 Å². The molecule has 0 aliphatic heterocycles. The fraction of sp³-hybridized carbons (Fsp3) is 0.235. The van der Waals surface area contributed by atoms with Crippen molar-refractivity contribution in [3.8, 4) is 11.3 Å². The molecule has 0 fully saturated rings. The van der Waals surface area contributed by atoms with Gasteiger partial charge in [0.2, 0.25) is 0 Å². The van der Waals surface area contributed by atoms with Gasteiger partial charge in [-0.15, -0.1) is 35.4 Å². The molecule has 0 atom stereocenters. The molecule has 0 unspecified atom stereocenters. The van der Waals surface area contributed by atoms with E-state index in [0.29, 0.717) is 0 Å². The Bertz CT molecular complexity index is 673. The molecular weight excluding hydrogens is 424 g/mol. The molecule has 3 rings (SSSR count). The van der Waals surface area contributed by atoms with Crippen molar-refractivity contribution >= 4 is 5.52 Å². The molecule has 1 radical (unpaired) electrons. The molecule has 0 saturated carbocycles. The molecule has 0 amide bonds. The van der Waals surface area contributed by atoms with Gasteiger partial charge in [-0.3, -0.25) is 4.52 Å². The van der Waals surface area contributed by atoms with Crippen LogP contribution in [0, 0.1) is 6.07 Å². The van der Waals surface area contributed by atoms with Crippen LogP contribution in [0.5, 0.6) is 0 Å². The molecule has 105 valence electrons. The topological polar surface area (TPSA) is 17.3 Å². The molecule has 0 spiro atoms. The molecule has 0 N–H and O–H groups in total. The predicted octanol–water partition coefficient (Wildman–Crippen LogP) is 4.10. The molecule has 0 bridgehead atoms. The molecule has 0 aliphatic rings. The van der Waals surface area contributed by atoms with Gasteiger partial charge >= 0.3 is 0 Å². The summed E-state index contributed by atoms with van der Waals surface area (Å²) in [5.41, 5.74) is 4.56. The Morgan fingerprint density at radius 2 is 1.90 bits per heavy atom. The fourth-order valence-corrected chi connectivity index (χ4v) is 2.12. The number of hydrogen-bond acceptors (Lipinski definition) is 1. The van der Waals surface area contributed by atoms with E-state index < -0.39 is 0 Å². The second-order valence-corrected chi connectivity index (χ2v) is 5.84. The Labute approximate surface area is 133 Å². The van der Waals surface area contributed by atoms with Crippen molar-refractivity contribution in [2.24, 2.45) is 0 Å². The largest absolute Gasteiger partial charge is 0.250 e. The Kier molecular flexibility index (Phi) is 4.12. The first-order valence-corrected chi connectivity index (χ1v) is 6.51. The van der Waals surface area contributed by atoms with E-state index in [0.717, 1.165) is 16.8 Å². The van der Waals surface area contributed by atoms with Crippen molar-refractivity contribution in [1.82, 2.24) is 9.61 Å². The molecule has 0 aliphatic carbocycles. The standard InChI is InChI=1S/C17H17N2.Ir/c1-17(2,3)14-9-7-13(8-10-14)16-12-15-6-4-5-11-19(15)18-16;/h4-7,9-12H,1-3H3;/q-1;. The summed E-state index contributed by atoms with van der Waals surface area (Å²) in [6, 6.07) is 17.8. The third kappa shape index (κ3) is 2.84. The maximum absolute atomic E-state index is 4.56. The van der Waals surface area contributed by atoms with E-state index in [2.05, 4.69) is 62.3 Å². The molecular formula is C17H17IrN2-. The maximum Gasteiger partial charge on any atom is 0.0566 e. The quantitative estimate of drug-likeness (QED) is 0.520. The zero-order chi connectivity index (χ0) is 13.5. The number of hydrogen-bond donors (Lipinski definition) is 0. The van der Waals surface area contributed by atoms with Gasteiger partial charge in [-0.25, -0.2) is 5.10 Å². The van der Waals surface area contributed by atoms with E-state index in [-0.39, 0.29) is 25.5 Å². The summed E-state index contributed by atoms with van der Waals surface area (Å²) in [4.78, 5) is 0. The minimum atomic E-state index is 0. The van der Waals surface area contributed by atoms with Crippen LogP contribution < -0.4 is 0 Å². The Hall–Kier alpha value is -1.44. The smallest absolute Gasteiger partial charge is 0.0566 e. The van der Waals surface area contributed by atoms with Crippen LogP contribution in [-0.2, 0) is 25.5 Å². The number of aromatic nitrogens is 2. The van der Waals surface area contributed by atoms with E-state index in [9.17, 15) is 0 Å². The average molecular weight is 442 g/mol. The van der Waals surface area contributed by atoms with Gasteiger partial charge in [0.15, 0.2) is 0 Å². The second-order valence-electron chi connectivity index (χ2n) is 5.84. The van der Waals surface area contributed by atoms with E-state index in [1.807, 2.05) is 22.8 Å². The van der Waals surface area contributed by atoms with E-state index >= 15 is 0 Å². The molecule has 3 aromatic rings. The summed E-state index contributed by atoms with van der Waals surface area (Å²) in [5.74, 6) is 0. The second kappa shape index (κ2) is 5.51. The SMILES string of the molecule is CC(C)(C)c1c[c-]c(-c2cc3ccccn3n2)cc1.[Ir]. The van der Waals surface area contributed by atoms with Gasteiger partial charge < -0.3 is 0 Å². The average Bonchev–Trinajstić information content (AvgIpc) is 2.81. The van der Waals surface area contributed by atoms with Gasteiger partial charge in [0.25, 0.3) is 0 Å². The third-order valence-electron chi connectivity index (χ3n) is 3.32. The van der Waals surface area contributed by atoms with Crippen LogP contribution in [0.4, 0.5) is 0 Å². The van der Waals surface area contributed by atoms with Crippen molar-refractivity contribution in [1.29, 1.82) is 0 Å². The van der Waals surface area contributed by atoms with E-state index in [1.54, 1.807) is 0 Å². The maximum atomic E-state index is 4.56. The Balaban J connectivity index is 0.00000147. The number of fused-ring (bicyclic) bond motifs is 1. The Morgan fingerprint density at radius 3 is 2.50 bits per heavy atom. The molecule has 0 saturated heterocycles. The predicted molar refractivity (Wildman–Crippen MR) is 78.2 cm³/mol. The van der Waals surface area contributed by atoms with E-state index in [1.165, 1.54) is 5.56 Å². The molecule has 20 heavy (non-hydrogen) atoms. The first-order chi connectivity index (χ1) is 9.04. The van der Waals surface area contributed by atoms with Crippen LogP contribution in [0.1, 0.15) is 26.3 Å². The minimum absolute atomic E-state index is 0. The number of benzene rings is 1. The monoisotopic (exact) mass is 442 g/mol. The zero-order valence-electron chi connectivity index (χ0n) is 11.8. The van der Waals surface area contributed by atoms with Crippen LogP contribution in [0.15, 0.2) is 48.7 Å². The van der Waals surface area contributed by atoms with Crippen LogP contribution in [0.2, 0.25) is 0 Å². The van der Waals surface area contributed by atoms with Gasteiger partial charge in [0, 0.05) is 32.0 Å². The summed E-state index contributed by atoms with van der Waals surface area (Å²) in [6.45, 7) is 6.63. The van der Waals surface area contributed by atoms with Gasteiger partial charge in [0.1, 0.15) is 0 Å². The normalized spacial score (nSPS) is 11.3. The van der Waals surface area contributed by atoms with Crippen molar-refractivity contribution in [3.63, 3.8) is 0 Å². The van der Waals surface area contributed by atoms with Crippen molar-refractivity contribution < 1.29 is 20.1 Å². The first kappa shape index (κ1) is 15.0. The minimum Gasteiger partial charge on any atom is -0.250 e. The number of pyridine rings is 1. The number of rotatable bonds is 1. The van der Waals surface area contributed by atoms with Gasteiger partial charge in [0.05, 0.1) is 5.52 Å². The van der Waals surface area contributed by atoms with Crippen molar-refractivity contribution in [2.45, 2.75) is 26.2 Å². The zero-order valence-corrected chi connectivity index (χ0v) is 14.2. The molecule has 3 heteroatoms. The Morgan fingerprint density at radius 1 is 1.10 bits per heavy atom. The number of nitrogens with zero attached hydrogens (tertiary/aromatic N) is 2.